The van der Waals surface area contributed by atoms with Crippen LogP contribution in [0.2, 0.25) is 0 Å². The molecular weight excluding hydrogens is 230 g/mol. The SMILES string of the molecule is CCc1ccc(C(C)NC(C)c2ccco2)s1. The summed E-state index contributed by atoms with van der Waals surface area (Å²) in [4.78, 5) is 2.83. The molecule has 3 heteroatoms. The highest BCUT2D eigenvalue weighted by Crippen LogP contribution is 2.26. The second-order valence-corrected chi connectivity index (χ2v) is 5.48. The third-order valence-corrected chi connectivity index (χ3v) is 4.34. The molecule has 0 aliphatic carbocycles. The molecule has 0 amide bonds. The van der Waals surface area contributed by atoms with Crippen LogP contribution in [0.25, 0.3) is 0 Å². The maximum Gasteiger partial charge on any atom is 0.120 e. The first-order chi connectivity index (χ1) is 8.20. The molecule has 1 N–H and O–H groups in total. The third-order valence-electron chi connectivity index (χ3n) is 2.93. The highest BCUT2D eigenvalue weighted by Gasteiger charge is 2.14. The molecule has 0 bridgehead atoms. The van der Waals surface area contributed by atoms with Gasteiger partial charge in [0.05, 0.1) is 12.3 Å². The number of hydrogen-bond donors (Lipinski definition) is 1. The van der Waals surface area contributed by atoms with Crippen LogP contribution in [-0.4, -0.2) is 0 Å². The van der Waals surface area contributed by atoms with E-state index in [0.717, 1.165) is 12.2 Å². The number of furan rings is 1. The minimum atomic E-state index is 0.243. The first kappa shape index (κ1) is 12.4. The quantitative estimate of drug-likeness (QED) is 0.854. The van der Waals surface area contributed by atoms with Gasteiger partial charge in [-0.2, -0.15) is 0 Å². The molecule has 92 valence electrons. The Bertz CT molecular complexity index is 446. The van der Waals surface area contributed by atoms with Crippen molar-refractivity contribution in [3.63, 3.8) is 0 Å². The fourth-order valence-corrected chi connectivity index (χ4v) is 2.86. The number of aryl methyl sites for hydroxylation is 1. The molecule has 2 aromatic rings. The van der Waals surface area contributed by atoms with E-state index in [1.165, 1.54) is 9.75 Å². The van der Waals surface area contributed by atoms with Crippen molar-refractivity contribution in [1.82, 2.24) is 5.32 Å². The van der Waals surface area contributed by atoms with Crippen molar-refractivity contribution in [2.45, 2.75) is 39.3 Å². The number of thiophene rings is 1. The van der Waals surface area contributed by atoms with Gasteiger partial charge in [0.15, 0.2) is 0 Å². The molecule has 0 aliphatic heterocycles. The third kappa shape index (κ3) is 2.99. The lowest BCUT2D eigenvalue weighted by molar-refractivity contribution is 0.405. The van der Waals surface area contributed by atoms with E-state index in [-0.39, 0.29) is 6.04 Å². The second-order valence-electron chi connectivity index (χ2n) is 4.28. The average Bonchev–Trinajstić information content (AvgIpc) is 3.00. The molecule has 0 saturated heterocycles. The zero-order valence-electron chi connectivity index (χ0n) is 10.6. The zero-order chi connectivity index (χ0) is 12.3. The fourth-order valence-electron chi connectivity index (χ4n) is 1.89. The monoisotopic (exact) mass is 249 g/mol. The van der Waals surface area contributed by atoms with Crippen LogP contribution < -0.4 is 5.32 Å². The summed E-state index contributed by atoms with van der Waals surface area (Å²) in [6.07, 6.45) is 2.84. The van der Waals surface area contributed by atoms with E-state index >= 15 is 0 Å². The molecule has 0 aromatic carbocycles. The van der Waals surface area contributed by atoms with Gasteiger partial charge in [-0.25, -0.2) is 0 Å². The van der Waals surface area contributed by atoms with Gasteiger partial charge < -0.3 is 9.73 Å². The number of rotatable bonds is 5. The van der Waals surface area contributed by atoms with Gasteiger partial charge in [-0.15, -0.1) is 11.3 Å². The molecule has 2 rings (SSSR count). The molecule has 0 radical (unpaired) electrons. The van der Waals surface area contributed by atoms with E-state index in [2.05, 4.69) is 38.2 Å². The maximum atomic E-state index is 5.40. The molecule has 2 heterocycles. The Labute approximate surface area is 107 Å². The summed E-state index contributed by atoms with van der Waals surface area (Å²) in [5.74, 6) is 0.990. The van der Waals surface area contributed by atoms with E-state index in [1.807, 2.05) is 23.5 Å². The van der Waals surface area contributed by atoms with Gasteiger partial charge in [0.2, 0.25) is 0 Å². The molecule has 0 saturated carbocycles. The highest BCUT2D eigenvalue weighted by atomic mass is 32.1. The molecule has 0 aliphatic rings. The Morgan fingerprint density at radius 1 is 1.24 bits per heavy atom. The van der Waals surface area contributed by atoms with Gasteiger partial charge in [0.25, 0.3) is 0 Å². The molecule has 2 nitrogen and oxygen atoms in total. The predicted octanol–water partition coefficient (Wildman–Crippen LogP) is 4.32. The van der Waals surface area contributed by atoms with Gasteiger partial charge in [-0.05, 0) is 44.5 Å². The van der Waals surface area contributed by atoms with Crippen LogP contribution >= 0.6 is 11.3 Å². The Hall–Kier alpha value is -1.06. The first-order valence-corrected chi connectivity index (χ1v) is 6.90. The smallest absolute Gasteiger partial charge is 0.120 e. The van der Waals surface area contributed by atoms with Crippen molar-refractivity contribution in [3.8, 4) is 0 Å². The summed E-state index contributed by atoms with van der Waals surface area (Å²) in [6, 6.07) is 8.98. The average molecular weight is 249 g/mol. The number of hydrogen-bond acceptors (Lipinski definition) is 3. The Morgan fingerprint density at radius 2 is 2.06 bits per heavy atom. The van der Waals surface area contributed by atoms with E-state index in [0.29, 0.717) is 6.04 Å². The van der Waals surface area contributed by atoms with Gasteiger partial charge in [-0.1, -0.05) is 6.92 Å². The first-order valence-electron chi connectivity index (χ1n) is 6.08. The Balaban J connectivity index is 1.99. The van der Waals surface area contributed by atoms with Crippen LogP contribution in [0.5, 0.6) is 0 Å². The molecule has 17 heavy (non-hydrogen) atoms. The summed E-state index contributed by atoms with van der Waals surface area (Å²) in [5, 5.41) is 3.55. The van der Waals surface area contributed by atoms with Crippen LogP contribution in [0.3, 0.4) is 0 Å². The summed E-state index contributed by atoms with van der Waals surface area (Å²) in [5.41, 5.74) is 0. The molecule has 0 spiro atoms. The van der Waals surface area contributed by atoms with E-state index < -0.39 is 0 Å². The molecule has 2 unspecified atom stereocenters. The van der Waals surface area contributed by atoms with E-state index in [9.17, 15) is 0 Å². The maximum absolute atomic E-state index is 5.40. The van der Waals surface area contributed by atoms with Crippen molar-refractivity contribution >= 4 is 11.3 Å². The largest absolute Gasteiger partial charge is 0.468 e. The van der Waals surface area contributed by atoms with Crippen LogP contribution in [0.15, 0.2) is 34.9 Å². The highest BCUT2D eigenvalue weighted by molar-refractivity contribution is 7.12. The summed E-state index contributed by atoms with van der Waals surface area (Å²) in [6.45, 7) is 6.52. The van der Waals surface area contributed by atoms with Crippen molar-refractivity contribution in [2.75, 3.05) is 0 Å². The Kier molecular flexibility index (Phi) is 4.02. The zero-order valence-corrected chi connectivity index (χ0v) is 11.4. The van der Waals surface area contributed by atoms with Crippen molar-refractivity contribution < 1.29 is 4.42 Å². The second kappa shape index (κ2) is 5.52. The van der Waals surface area contributed by atoms with Crippen LogP contribution in [0, 0.1) is 0 Å². The van der Waals surface area contributed by atoms with Crippen LogP contribution in [0.1, 0.15) is 48.4 Å². The lowest BCUT2D eigenvalue weighted by Crippen LogP contribution is -2.21. The molecule has 2 atom stereocenters. The van der Waals surface area contributed by atoms with Crippen molar-refractivity contribution in [2.24, 2.45) is 0 Å². The van der Waals surface area contributed by atoms with E-state index in [4.69, 9.17) is 4.42 Å². The minimum absolute atomic E-state index is 0.243. The molecule has 2 aromatic heterocycles. The molecular formula is C14H19NOS. The standard InChI is InChI=1S/C14H19NOS/c1-4-12-7-8-14(17-12)11(3)15-10(2)13-6-5-9-16-13/h5-11,15H,4H2,1-3H3. The number of nitrogens with one attached hydrogen (secondary N) is 1. The predicted molar refractivity (Wildman–Crippen MR) is 72.4 cm³/mol. The summed E-state index contributed by atoms with van der Waals surface area (Å²) < 4.78 is 5.40. The Morgan fingerprint density at radius 3 is 2.65 bits per heavy atom. The summed E-state index contributed by atoms with van der Waals surface area (Å²) in [7, 11) is 0. The van der Waals surface area contributed by atoms with Gasteiger partial charge in [0.1, 0.15) is 5.76 Å². The van der Waals surface area contributed by atoms with E-state index in [1.54, 1.807) is 6.26 Å². The van der Waals surface area contributed by atoms with Crippen molar-refractivity contribution in [3.05, 3.63) is 46.0 Å². The van der Waals surface area contributed by atoms with Gasteiger partial charge in [-0.3, -0.25) is 0 Å². The molecule has 0 fully saturated rings. The summed E-state index contributed by atoms with van der Waals surface area (Å²) >= 11 is 1.89. The lowest BCUT2D eigenvalue weighted by atomic mass is 10.2. The topological polar surface area (TPSA) is 25.2 Å². The van der Waals surface area contributed by atoms with Crippen LogP contribution in [-0.2, 0) is 6.42 Å². The van der Waals surface area contributed by atoms with Gasteiger partial charge in [0, 0.05) is 15.8 Å². The van der Waals surface area contributed by atoms with Gasteiger partial charge >= 0.3 is 0 Å². The lowest BCUT2D eigenvalue weighted by Gasteiger charge is -2.17. The van der Waals surface area contributed by atoms with Crippen LogP contribution in [0.4, 0.5) is 0 Å². The fraction of sp³-hybridized carbons (Fsp3) is 0.429. The van der Waals surface area contributed by atoms with Crippen molar-refractivity contribution in [1.29, 1.82) is 0 Å². The minimum Gasteiger partial charge on any atom is -0.468 e. The normalized spacial score (nSPS) is 14.8.